The van der Waals surface area contributed by atoms with Crippen molar-refractivity contribution in [2.75, 3.05) is 13.7 Å². The van der Waals surface area contributed by atoms with Gasteiger partial charge < -0.3 is 14.2 Å². The first-order valence-electron chi connectivity index (χ1n) is 8.01. The smallest absolute Gasteiger partial charge is 0.349 e. The molecule has 26 heavy (non-hydrogen) atoms. The molecule has 0 bridgehead atoms. The second kappa shape index (κ2) is 8.53. The van der Waals surface area contributed by atoms with Crippen LogP contribution in [0.3, 0.4) is 0 Å². The van der Waals surface area contributed by atoms with Gasteiger partial charge in [0.25, 0.3) is 5.60 Å². The minimum atomic E-state index is -1.86. The Bertz CT molecular complexity index is 761. The van der Waals surface area contributed by atoms with Crippen LogP contribution in [0.15, 0.2) is 42.6 Å². The van der Waals surface area contributed by atoms with Crippen LogP contribution in [-0.4, -0.2) is 36.2 Å². The molecule has 0 aliphatic rings. The molecule has 2 rings (SSSR count). The molecule has 1 aromatic heterocycles. The van der Waals surface area contributed by atoms with E-state index >= 15 is 0 Å². The van der Waals surface area contributed by atoms with Gasteiger partial charge >= 0.3 is 11.9 Å². The maximum atomic E-state index is 13.0. The quantitative estimate of drug-likeness (QED) is 0.558. The third kappa shape index (κ3) is 4.43. The van der Waals surface area contributed by atoms with Gasteiger partial charge in [0.15, 0.2) is 0 Å². The van der Waals surface area contributed by atoms with Gasteiger partial charge in [-0.05, 0) is 49.7 Å². The summed E-state index contributed by atoms with van der Waals surface area (Å²) >= 11 is 0. The van der Waals surface area contributed by atoms with Crippen LogP contribution in [0.25, 0.3) is 11.3 Å². The Balaban J connectivity index is 2.10. The Hall–Kier alpha value is -2.80. The number of nitrogens with zero attached hydrogens (tertiary/aromatic N) is 1. The minimum absolute atomic E-state index is 0.0406. The molecular formula is C19H20FNO5. The van der Waals surface area contributed by atoms with Crippen molar-refractivity contribution >= 4 is 11.9 Å². The van der Waals surface area contributed by atoms with Crippen molar-refractivity contribution in [3.05, 3.63) is 54.0 Å². The third-order valence-corrected chi connectivity index (χ3v) is 3.73. The number of esters is 2. The number of hydrogen-bond donors (Lipinski definition) is 0. The first kappa shape index (κ1) is 19.5. The predicted octanol–water partition coefficient (Wildman–Crippen LogP) is 2.90. The van der Waals surface area contributed by atoms with Gasteiger partial charge in [0.2, 0.25) is 0 Å². The van der Waals surface area contributed by atoms with Gasteiger partial charge in [-0.15, -0.1) is 0 Å². The topological polar surface area (TPSA) is 74.7 Å². The highest BCUT2D eigenvalue weighted by Gasteiger charge is 2.45. The lowest BCUT2D eigenvalue weighted by Crippen LogP contribution is -2.48. The molecule has 1 atom stereocenters. The van der Waals surface area contributed by atoms with Gasteiger partial charge in [-0.2, -0.15) is 0 Å². The summed E-state index contributed by atoms with van der Waals surface area (Å²) in [6.07, 6.45) is 1.56. The van der Waals surface area contributed by atoms with E-state index in [2.05, 4.69) is 9.72 Å². The Kier molecular flexibility index (Phi) is 6.41. The number of ether oxygens (including phenoxy) is 3. The van der Waals surface area contributed by atoms with Crippen molar-refractivity contribution in [2.24, 2.45) is 0 Å². The van der Waals surface area contributed by atoms with E-state index in [-0.39, 0.29) is 19.0 Å². The first-order chi connectivity index (χ1) is 12.4. The predicted molar refractivity (Wildman–Crippen MR) is 91.5 cm³/mol. The molecule has 0 aliphatic carbocycles. The molecule has 0 amide bonds. The number of rotatable bonds is 7. The Morgan fingerprint density at radius 1 is 1.12 bits per heavy atom. The van der Waals surface area contributed by atoms with E-state index in [0.717, 1.165) is 5.56 Å². The number of pyridine rings is 1. The Morgan fingerprint density at radius 3 is 2.35 bits per heavy atom. The standard InChI is InChI=1S/C19H20FNO5/c1-4-25-18(23)19(2,17(22)24-3)26-12-13-5-10-16(21-11-13)14-6-8-15(20)9-7-14/h5-11H,4,12H2,1-3H3. The van der Waals surface area contributed by atoms with Crippen molar-refractivity contribution in [3.63, 3.8) is 0 Å². The summed E-state index contributed by atoms with van der Waals surface area (Å²) < 4.78 is 28.0. The fourth-order valence-electron chi connectivity index (χ4n) is 2.19. The molecule has 1 heterocycles. The van der Waals surface area contributed by atoms with Gasteiger partial charge in [0.05, 0.1) is 26.0 Å². The maximum absolute atomic E-state index is 13.0. The highest BCUT2D eigenvalue weighted by atomic mass is 19.1. The van der Waals surface area contributed by atoms with Crippen LogP contribution in [0, 0.1) is 5.82 Å². The summed E-state index contributed by atoms with van der Waals surface area (Å²) in [6.45, 7) is 3.01. The van der Waals surface area contributed by atoms with Gasteiger partial charge in [-0.3, -0.25) is 4.98 Å². The highest BCUT2D eigenvalue weighted by molar-refractivity contribution is 6.03. The molecular weight excluding hydrogens is 341 g/mol. The molecule has 0 saturated heterocycles. The first-order valence-corrected chi connectivity index (χ1v) is 8.01. The van der Waals surface area contributed by atoms with Crippen LogP contribution in [0.1, 0.15) is 19.4 Å². The van der Waals surface area contributed by atoms with E-state index in [1.165, 1.54) is 26.2 Å². The summed E-state index contributed by atoms with van der Waals surface area (Å²) in [5.74, 6) is -1.98. The summed E-state index contributed by atoms with van der Waals surface area (Å²) in [5, 5.41) is 0. The summed E-state index contributed by atoms with van der Waals surface area (Å²) in [5.41, 5.74) is 0.218. The van der Waals surface area contributed by atoms with Gasteiger partial charge in [0.1, 0.15) is 5.82 Å². The molecule has 7 heteroatoms. The molecule has 0 radical (unpaired) electrons. The lowest BCUT2D eigenvalue weighted by Gasteiger charge is -2.24. The Labute approximate surface area is 150 Å². The van der Waals surface area contributed by atoms with Gasteiger partial charge in [0, 0.05) is 11.8 Å². The third-order valence-electron chi connectivity index (χ3n) is 3.73. The zero-order valence-electron chi connectivity index (χ0n) is 14.8. The van der Waals surface area contributed by atoms with Crippen LogP contribution < -0.4 is 0 Å². The number of hydrogen-bond acceptors (Lipinski definition) is 6. The van der Waals surface area contributed by atoms with E-state index in [4.69, 9.17) is 9.47 Å². The number of aromatic nitrogens is 1. The number of carbonyl (C=O) groups excluding carboxylic acids is 2. The summed E-state index contributed by atoms with van der Waals surface area (Å²) in [7, 11) is 1.17. The fraction of sp³-hybridized carbons (Fsp3) is 0.316. The van der Waals surface area contributed by atoms with Crippen LogP contribution in [0.4, 0.5) is 4.39 Å². The molecule has 0 spiro atoms. The summed E-state index contributed by atoms with van der Waals surface area (Å²) in [4.78, 5) is 28.3. The second-order valence-corrected chi connectivity index (χ2v) is 5.59. The number of carbonyl (C=O) groups is 2. The van der Waals surface area contributed by atoms with E-state index in [1.807, 2.05) is 0 Å². The lowest BCUT2D eigenvalue weighted by atomic mass is 10.1. The average molecular weight is 361 g/mol. The molecule has 0 saturated carbocycles. The van der Waals surface area contributed by atoms with E-state index in [0.29, 0.717) is 11.3 Å². The molecule has 138 valence electrons. The van der Waals surface area contributed by atoms with Crippen molar-refractivity contribution < 1.29 is 28.2 Å². The SMILES string of the molecule is CCOC(=O)C(C)(OCc1ccc(-c2ccc(F)cc2)nc1)C(=O)OC. The van der Waals surface area contributed by atoms with Crippen molar-refractivity contribution in [1.29, 1.82) is 0 Å². The molecule has 0 N–H and O–H groups in total. The van der Waals surface area contributed by atoms with Gasteiger partial charge in [-0.25, -0.2) is 14.0 Å². The molecule has 1 unspecified atom stereocenters. The average Bonchev–Trinajstić information content (AvgIpc) is 2.66. The highest BCUT2D eigenvalue weighted by Crippen LogP contribution is 2.20. The van der Waals surface area contributed by atoms with Crippen molar-refractivity contribution in [2.45, 2.75) is 26.1 Å². The van der Waals surface area contributed by atoms with Crippen molar-refractivity contribution in [3.8, 4) is 11.3 Å². The van der Waals surface area contributed by atoms with E-state index in [1.54, 1.807) is 37.4 Å². The normalized spacial score (nSPS) is 12.9. The molecule has 0 fully saturated rings. The fourth-order valence-corrected chi connectivity index (χ4v) is 2.19. The summed E-state index contributed by atoms with van der Waals surface area (Å²) in [6, 6.07) is 9.45. The van der Waals surface area contributed by atoms with Gasteiger partial charge in [-0.1, -0.05) is 6.07 Å². The molecule has 1 aromatic carbocycles. The molecule has 2 aromatic rings. The monoisotopic (exact) mass is 361 g/mol. The molecule has 0 aliphatic heterocycles. The van der Waals surface area contributed by atoms with Crippen molar-refractivity contribution in [1.82, 2.24) is 4.98 Å². The zero-order chi connectivity index (χ0) is 19.2. The maximum Gasteiger partial charge on any atom is 0.349 e. The minimum Gasteiger partial charge on any atom is -0.466 e. The van der Waals surface area contributed by atoms with E-state index in [9.17, 15) is 14.0 Å². The second-order valence-electron chi connectivity index (χ2n) is 5.59. The number of halogens is 1. The number of benzene rings is 1. The van der Waals surface area contributed by atoms with Crippen LogP contribution in [-0.2, 0) is 30.4 Å². The Morgan fingerprint density at radius 2 is 1.81 bits per heavy atom. The van der Waals surface area contributed by atoms with Crippen LogP contribution >= 0.6 is 0 Å². The van der Waals surface area contributed by atoms with Crippen LogP contribution in [0.5, 0.6) is 0 Å². The van der Waals surface area contributed by atoms with Crippen LogP contribution in [0.2, 0.25) is 0 Å². The number of methoxy groups -OCH3 is 1. The zero-order valence-corrected chi connectivity index (χ0v) is 14.8. The lowest BCUT2D eigenvalue weighted by molar-refractivity contribution is -0.188. The largest absolute Gasteiger partial charge is 0.466 e. The molecule has 6 nitrogen and oxygen atoms in total. The van der Waals surface area contributed by atoms with E-state index < -0.39 is 17.5 Å².